The van der Waals surface area contributed by atoms with E-state index in [1.807, 2.05) is 0 Å². The van der Waals surface area contributed by atoms with Crippen molar-refractivity contribution in [2.24, 2.45) is 5.92 Å². The zero-order chi connectivity index (χ0) is 13.8. The molecule has 1 atom stereocenters. The molecule has 0 radical (unpaired) electrons. The van der Waals surface area contributed by atoms with Crippen LogP contribution in [0.25, 0.3) is 0 Å². The summed E-state index contributed by atoms with van der Waals surface area (Å²) < 4.78 is 0. The minimum atomic E-state index is 0.555. The largest absolute Gasteiger partial charge is 0.308 e. The zero-order valence-corrected chi connectivity index (χ0v) is 12.8. The van der Waals surface area contributed by atoms with Gasteiger partial charge in [-0.05, 0) is 49.9 Å². The summed E-state index contributed by atoms with van der Waals surface area (Å²) in [5, 5.41) is 3.71. The molecular formula is C17H28N2. The van der Waals surface area contributed by atoms with Crippen molar-refractivity contribution < 1.29 is 0 Å². The predicted octanol–water partition coefficient (Wildman–Crippen LogP) is 3.24. The van der Waals surface area contributed by atoms with Crippen molar-refractivity contribution in [3.63, 3.8) is 0 Å². The maximum Gasteiger partial charge on any atom is 0.0220 e. The Morgan fingerprint density at radius 1 is 1.26 bits per heavy atom. The molecule has 0 heterocycles. The molecule has 2 heteroatoms. The molecule has 1 N–H and O–H groups in total. The normalized spacial score (nSPS) is 17.2. The molecule has 1 saturated carbocycles. The van der Waals surface area contributed by atoms with Crippen LogP contribution >= 0.6 is 0 Å². The van der Waals surface area contributed by atoms with Gasteiger partial charge in [0.05, 0.1) is 0 Å². The fraction of sp³-hybridized carbons (Fsp3) is 0.647. The molecule has 1 aliphatic carbocycles. The fourth-order valence-electron chi connectivity index (χ4n) is 2.53. The van der Waals surface area contributed by atoms with Gasteiger partial charge in [-0.1, -0.05) is 38.1 Å². The second-order valence-corrected chi connectivity index (χ2v) is 6.51. The Hall–Kier alpha value is -0.860. The van der Waals surface area contributed by atoms with Crippen molar-refractivity contribution in [2.45, 2.75) is 45.2 Å². The first-order valence-electron chi connectivity index (χ1n) is 7.53. The third-order valence-electron chi connectivity index (χ3n) is 3.93. The van der Waals surface area contributed by atoms with Crippen molar-refractivity contribution in [2.75, 3.05) is 20.6 Å². The topological polar surface area (TPSA) is 15.3 Å². The van der Waals surface area contributed by atoms with Gasteiger partial charge in [-0.2, -0.15) is 0 Å². The number of rotatable bonds is 7. The van der Waals surface area contributed by atoms with Gasteiger partial charge in [-0.15, -0.1) is 0 Å². The van der Waals surface area contributed by atoms with E-state index in [-0.39, 0.29) is 0 Å². The van der Waals surface area contributed by atoms with Gasteiger partial charge >= 0.3 is 0 Å². The minimum Gasteiger partial charge on any atom is -0.308 e. The molecule has 1 aromatic carbocycles. The average Bonchev–Trinajstić information content (AvgIpc) is 3.18. The highest BCUT2D eigenvalue weighted by molar-refractivity contribution is 5.29. The van der Waals surface area contributed by atoms with Crippen LogP contribution in [0.4, 0.5) is 0 Å². The Kier molecular flexibility index (Phi) is 5.00. The van der Waals surface area contributed by atoms with Crippen molar-refractivity contribution >= 4 is 0 Å². The van der Waals surface area contributed by atoms with Crippen LogP contribution < -0.4 is 5.32 Å². The second kappa shape index (κ2) is 6.53. The molecular weight excluding hydrogens is 232 g/mol. The van der Waals surface area contributed by atoms with Gasteiger partial charge in [0.1, 0.15) is 0 Å². The van der Waals surface area contributed by atoms with E-state index < -0.39 is 0 Å². The molecule has 2 rings (SSSR count). The number of nitrogens with one attached hydrogen (secondary N) is 1. The number of hydrogen-bond acceptors (Lipinski definition) is 2. The lowest BCUT2D eigenvalue weighted by atomic mass is 10.0. The van der Waals surface area contributed by atoms with Gasteiger partial charge < -0.3 is 10.2 Å². The van der Waals surface area contributed by atoms with Crippen LogP contribution in [0.1, 0.15) is 43.7 Å². The van der Waals surface area contributed by atoms with Gasteiger partial charge in [0.25, 0.3) is 0 Å². The van der Waals surface area contributed by atoms with E-state index in [2.05, 4.69) is 62.4 Å². The van der Waals surface area contributed by atoms with E-state index in [9.17, 15) is 0 Å². The standard InChI is InChI=1S/C17H28N2/c1-13(2)17(12-19(3)4)18-11-14-6-5-7-16(10-14)15-8-9-15/h5-7,10,13,15,17-18H,8-9,11-12H2,1-4H3. The molecule has 0 spiro atoms. The molecule has 106 valence electrons. The number of nitrogens with zero attached hydrogens (tertiary/aromatic N) is 1. The van der Waals surface area contributed by atoms with E-state index in [0.29, 0.717) is 12.0 Å². The third kappa shape index (κ3) is 4.63. The van der Waals surface area contributed by atoms with E-state index >= 15 is 0 Å². The lowest BCUT2D eigenvalue weighted by Gasteiger charge is -2.26. The van der Waals surface area contributed by atoms with Crippen LogP contribution in [0, 0.1) is 5.92 Å². The van der Waals surface area contributed by atoms with Crippen LogP contribution in [-0.2, 0) is 6.54 Å². The molecule has 0 bridgehead atoms. The smallest absolute Gasteiger partial charge is 0.0220 e. The third-order valence-corrected chi connectivity index (χ3v) is 3.93. The van der Waals surface area contributed by atoms with Crippen LogP contribution in [0.3, 0.4) is 0 Å². The van der Waals surface area contributed by atoms with Gasteiger partial charge in [-0.3, -0.25) is 0 Å². The van der Waals surface area contributed by atoms with Gasteiger partial charge in [0, 0.05) is 19.1 Å². The molecule has 19 heavy (non-hydrogen) atoms. The van der Waals surface area contributed by atoms with E-state index in [1.165, 1.54) is 24.0 Å². The Morgan fingerprint density at radius 3 is 2.58 bits per heavy atom. The van der Waals surface area contributed by atoms with Crippen LogP contribution in [0.5, 0.6) is 0 Å². The predicted molar refractivity (Wildman–Crippen MR) is 82.4 cm³/mol. The summed E-state index contributed by atoms with van der Waals surface area (Å²) in [6.45, 7) is 6.67. The van der Waals surface area contributed by atoms with Gasteiger partial charge in [-0.25, -0.2) is 0 Å². The lowest BCUT2D eigenvalue weighted by Crippen LogP contribution is -2.41. The molecule has 0 amide bonds. The fourth-order valence-corrected chi connectivity index (χ4v) is 2.53. The molecule has 0 aliphatic heterocycles. The average molecular weight is 260 g/mol. The highest BCUT2D eigenvalue weighted by atomic mass is 15.1. The number of benzene rings is 1. The molecule has 1 fully saturated rings. The molecule has 0 saturated heterocycles. The van der Waals surface area contributed by atoms with Gasteiger partial charge in [0.2, 0.25) is 0 Å². The Balaban J connectivity index is 1.90. The lowest BCUT2D eigenvalue weighted by molar-refractivity contribution is 0.288. The van der Waals surface area contributed by atoms with E-state index in [1.54, 1.807) is 0 Å². The maximum absolute atomic E-state index is 3.71. The summed E-state index contributed by atoms with van der Waals surface area (Å²) in [7, 11) is 4.29. The summed E-state index contributed by atoms with van der Waals surface area (Å²) in [5.41, 5.74) is 2.96. The first kappa shape index (κ1) is 14.5. The maximum atomic E-state index is 3.71. The second-order valence-electron chi connectivity index (χ2n) is 6.51. The summed E-state index contributed by atoms with van der Waals surface area (Å²) in [6, 6.07) is 9.67. The molecule has 1 aliphatic rings. The van der Waals surface area contributed by atoms with Crippen molar-refractivity contribution in [1.29, 1.82) is 0 Å². The van der Waals surface area contributed by atoms with Crippen molar-refractivity contribution in [3.8, 4) is 0 Å². The summed E-state index contributed by atoms with van der Waals surface area (Å²) in [5.74, 6) is 1.51. The Morgan fingerprint density at radius 2 is 2.00 bits per heavy atom. The van der Waals surface area contributed by atoms with E-state index in [4.69, 9.17) is 0 Å². The Bertz CT molecular complexity index is 394. The highest BCUT2D eigenvalue weighted by Gasteiger charge is 2.23. The summed E-state index contributed by atoms with van der Waals surface area (Å²) in [6.07, 6.45) is 2.76. The summed E-state index contributed by atoms with van der Waals surface area (Å²) in [4.78, 5) is 2.26. The number of likely N-dealkylation sites (N-methyl/N-ethyl adjacent to an activating group) is 1. The monoisotopic (exact) mass is 260 g/mol. The van der Waals surface area contributed by atoms with Crippen LogP contribution in [0.15, 0.2) is 24.3 Å². The quantitative estimate of drug-likeness (QED) is 0.809. The van der Waals surface area contributed by atoms with Crippen molar-refractivity contribution in [3.05, 3.63) is 35.4 Å². The number of hydrogen-bond donors (Lipinski definition) is 1. The van der Waals surface area contributed by atoms with Gasteiger partial charge in [0.15, 0.2) is 0 Å². The summed E-state index contributed by atoms with van der Waals surface area (Å²) >= 11 is 0. The first-order chi connectivity index (χ1) is 9.06. The highest BCUT2D eigenvalue weighted by Crippen LogP contribution is 2.40. The van der Waals surface area contributed by atoms with Crippen LogP contribution in [-0.4, -0.2) is 31.6 Å². The SMILES string of the molecule is CC(C)C(CN(C)C)NCc1cccc(C2CC2)c1. The molecule has 1 unspecified atom stereocenters. The Labute approximate surface area is 118 Å². The first-order valence-corrected chi connectivity index (χ1v) is 7.53. The van der Waals surface area contributed by atoms with E-state index in [0.717, 1.165) is 19.0 Å². The zero-order valence-electron chi connectivity index (χ0n) is 12.8. The molecule has 1 aromatic rings. The molecule has 2 nitrogen and oxygen atoms in total. The van der Waals surface area contributed by atoms with Crippen LogP contribution in [0.2, 0.25) is 0 Å². The van der Waals surface area contributed by atoms with Crippen molar-refractivity contribution in [1.82, 2.24) is 10.2 Å². The minimum absolute atomic E-state index is 0.555. The molecule has 0 aromatic heterocycles.